The van der Waals surface area contributed by atoms with Crippen LogP contribution < -0.4 is 9.47 Å². The molecule has 4 nitrogen and oxygen atoms in total. The summed E-state index contributed by atoms with van der Waals surface area (Å²) in [7, 11) is 0. The third-order valence-corrected chi connectivity index (χ3v) is 7.94. The van der Waals surface area contributed by atoms with Gasteiger partial charge < -0.3 is 14.6 Å². The first-order chi connectivity index (χ1) is 21.8. The fraction of sp³-hybridized carbons (Fsp3) is 0.195. The average molecular weight is 597 g/mol. The van der Waals surface area contributed by atoms with Gasteiger partial charge in [0.05, 0.1) is 0 Å². The number of benzene rings is 5. The molecule has 45 heavy (non-hydrogen) atoms. The number of hydrogen-bond donors (Lipinski definition) is 1. The lowest BCUT2D eigenvalue weighted by Gasteiger charge is -2.13. The van der Waals surface area contributed by atoms with E-state index >= 15 is 0 Å². The maximum atomic E-state index is 10.8. The van der Waals surface area contributed by atoms with Crippen molar-refractivity contribution < 1.29 is 19.4 Å². The van der Waals surface area contributed by atoms with Crippen LogP contribution in [0.3, 0.4) is 0 Å². The maximum Gasteiger partial charge on any atom is 0.341 e. The van der Waals surface area contributed by atoms with E-state index in [0.29, 0.717) is 29.9 Å². The van der Waals surface area contributed by atoms with Gasteiger partial charge in [-0.25, -0.2) is 4.79 Å². The molecule has 4 heteroatoms. The number of rotatable bonds is 12. The van der Waals surface area contributed by atoms with Gasteiger partial charge in [-0.1, -0.05) is 125 Å². The Hall–Kier alpha value is -5.09. The van der Waals surface area contributed by atoms with Gasteiger partial charge in [0.15, 0.2) is 6.61 Å². The summed E-state index contributed by atoms with van der Waals surface area (Å²) in [5.41, 5.74) is 10.7. The number of ether oxygens (including phenoxy) is 2. The largest absolute Gasteiger partial charge is 0.490 e. The molecule has 0 aliphatic heterocycles. The third-order valence-electron chi connectivity index (χ3n) is 7.94. The van der Waals surface area contributed by atoms with Crippen molar-refractivity contribution in [3.63, 3.8) is 0 Å². The Morgan fingerprint density at radius 1 is 0.556 bits per heavy atom. The van der Waals surface area contributed by atoms with Crippen molar-refractivity contribution in [2.24, 2.45) is 0 Å². The van der Waals surface area contributed by atoms with Gasteiger partial charge in [-0.05, 0) is 92.3 Å². The highest BCUT2D eigenvalue weighted by Crippen LogP contribution is 2.30. The number of hydrogen-bond acceptors (Lipinski definition) is 3. The molecule has 228 valence electrons. The van der Waals surface area contributed by atoms with E-state index in [1.54, 1.807) is 24.3 Å². The van der Waals surface area contributed by atoms with Crippen molar-refractivity contribution in [2.75, 3.05) is 13.2 Å². The standard InChI is InChI=1S/C41H40O4/c1-28(2)30-5-9-32(10-6-30)34-13-17-36(18-14-34)40(25-26-44-38-21-23-39(24-22-38)45-27-41(42)43)37-19-15-35(16-20-37)33-11-7-31(8-12-33)29(3)4/h5-25,28-29H,26-27H2,1-4H3,(H,42,43). The highest BCUT2D eigenvalue weighted by molar-refractivity contribution is 5.82. The molecule has 0 aliphatic rings. The molecule has 1 N–H and O–H groups in total. The summed E-state index contributed by atoms with van der Waals surface area (Å²) in [4.78, 5) is 10.8. The molecule has 0 amide bonds. The summed E-state index contributed by atoms with van der Waals surface area (Å²) in [6.07, 6.45) is 2.10. The number of carboxylic acid groups (broad SMARTS) is 1. The fourth-order valence-electron chi connectivity index (χ4n) is 5.21. The molecule has 0 heterocycles. The molecule has 0 saturated carbocycles. The average Bonchev–Trinajstić information content (AvgIpc) is 3.06. The lowest BCUT2D eigenvalue weighted by molar-refractivity contribution is -0.139. The molecule has 5 aromatic rings. The second-order valence-electron chi connectivity index (χ2n) is 11.8. The molecule has 5 rings (SSSR count). The van der Waals surface area contributed by atoms with Gasteiger partial charge in [0.2, 0.25) is 0 Å². The summed E-state index contributed by atoms with van der Waals surface area (Å²) >= 11 is 0. The number of carbonyl (C=O) groups is 1. The lowest BCUT2D eigenvalue weighted by Crippen LogP contribution is -2.09. The van der Waals surface area contributed by atoms with Gasteiger partial charge in [0, 0.05) is 0 Å². The van der Waals surface area contributed by atoms with E-state index < -0.39 is 5.97 Å². The van der Waals surface area contributed by atoms with E-state index in [1.165, 1.54) is 33.4 Å². The van der Waals surface area contributed by atoms with Crippen LogP contribution >= 0.6 is 0 Å². The first-order valence-corrected chi connectivity index (χ1v) is 15.5. The Kier molecular flexibility index (Phi) is 10.2. The van der Waals surface area contributed by atoms with E-state index in [9.17, 15) is 4.79 Å². The zero-order valence-corrected chi connectivity index (χ0v) is 26.4. The Morgan fingerprint density at radius 3 is 1.27 bits per heavy atom. The van der Waals surface area contributed by atoms with Crippen LogP contribution in [0.4, 0.5) is 0 Å². The van der Waals surface area contributed by atoms with Crippen LogP contribution in [0.25, 0.3) is 27.8 Å². The van der Waals surface area contributed by atoms with E-state index in [1.807, 2.05) is 0 Å². The molecule has 0 saturated heterocycles. The summed E-state index contributed by atoms with van der Waals surface area (Å²) in [5, 5.41) is 8.83. The Labute approximate surface area is 266 Å². The van der Waals surface area contributed by atoms with Crippen molar-refractivity contribution in [2.45, 2.75) is 39.5 Å². The minimum atomic E-state index is -1.01. The summed E-state index contributed by atoms with van der Waals surface area (Å²) in [6.45, 7) is 8.83. The molecule has 0 aromatic heterocycles. The van der Waals surface area contributed by atoms with Crippen molar-refractivity contribution >= 4 is 11.5 Å². The van der Waals surface area contributed by atoms with E-state index in [4.69, 9.17) is 14.6 Å². The molecule has 5 aromatic carbocycles. The van der Waals surface area contributed by atoms with Crippen LogP contribution in [0, 0.1) is 0 Å². The molecule has 0 radical (unpaired) electrons. The predicted molar refractivity (Wildman–Crippen MR) is 184 cm³/mol. The minimum Gasteiger partial charge on any atom is -0.490 e. The highest BCUT2D eigenvalue weighted by atomic mass is 16.5. The van der Waals surface area contributed by atoms with Crippen molar-refractivity contribution in [1.82, 2.24) is 0 Å². The summed E-state index contributed by atoms with van der Waals surface area (Å²) < 4.78 is 11.3. The van der Waals surface area contributed by atoms with E-state index in [-0.39, 0.29) is 6.61 Å². The summed E-state index contributed by atoms with van der Waals surface area (Å²) in [6, 6.07) is 42.0. The van der Waals surface area contributed by atoms with Gasteiger partial charge in [-0.15, -0.1) is 0 Å². The molecule has 0 fully saturated rings. The topological polar surface area (TPSA) is 55.8 Å². The molecular formula is C41H40O4. The van der Waals surface area contributed by atoms with Gasteiger partial charge in [0.1, 0.15) is 18.1 Å². The van der Waals surface area contributed by atoms with Crippen LogP contribution in [-0.2, 0) is 4.79 Å². The predicted octanol–water partition coefficient (Wildman–Crippen LogP) is 10.2. The summed E-state index contributed by atoms with van der Waals surface area (Å²) in [5.74, 6) is 1.16. The van der Waals surface area contributed by atoms with Gasteiger partial charge in [-0.2, -0.15) is 0 Å². The first kappa shape index (κ1) is 31.3. The van der Waals surface area contributed by atoms with Crippen molar-refractivity contribution in [3.8, 4) is 33.8 Å². The van der Waals surface area contributed by atoms with Crippen LogP contribution in [0.5, 0.6) is 11.5 Å². The van der Waals surface area contributed by atoms with Gasteiger partial charge in [-0.3, -0.25) is 0 Å². The quantitative estimate of drug-likeness (QED) is 0.156. The van der Waals surface area contributed by atoms with Crippen molar-refractivity contribution in [3.05, 3.63) is 150 Å². The zero-order chi connectivity index (χ0) is 31.8. The molecule has 0 bridgehead atoms. The maximum absolute atomic E-state index is 10.8. The second kappa shape index (κ2) is 14.6. The second-order valence-corrected chi connectivity index (χ2v) is 11.8. The van der Waals surface area contributed by atoms with E-state index in [0.717, 1.165) is 16.7 Å². The van der Waals surface area contributed by atoms with Crippen LogP contribution in [-0.4, -0.2) is 24.3 Å². The molecule has 0 atom stereocenters. The monoisotopic (exact) mass is 596 g/mol. The highest BCUT2D eigenvalue weighted by Gasteiger charge is 2.09. The smallest absolute Gasteiger partial charge is 0.341 e. The van der Waals surface area contributed by atoms with Crippen LogP contribution in [0.1, 0.15) is 61.8 Å². The SMILES string of the molecule is CC(C)c1ccc(-c2ccc(C(=CCOc3ccc(OCC(=O)O)cc3)c3ccc(-c4ccc(C(C)C)cc4)cc3)cc2)cc1. The first-order valence-electron chi connectivity index (χ1n) is 15.5. The van der Waals surface area contributed by atoms with Gasteiger partial charge in [0.25, 0.3) is 0 Å². The minimum absolute atomic E-state index is 0.363. The van der Waals surface area contributed by atoms with E-state index in [2.05, 4.69) is 131 Å². The molecule has 0 spiro atoms. The van der Waals surface area contributed by atoms with Crippen LogP contribution in [0.15, 0.2) is 127 Å². The molecule has 0 aliphatic carbocycles. The number of carboxylic acids is 1. The normalized spacial score (nSPS) is 11.0. The third kappa shape index (κ3) is 8.30. The molecule has 0 unspecified atom stereocenters. The van der Waals surface area contributed by atoms with Gasteiger partial charge >= 0.3 is 5.97 Å². The fourth-order valence-corrected chi connectivity index (χ4v) is 5.21. The van der Waals surface area contributed by atoms with Crippen molar-refractivity contribution in [1.29, 1.82) is 0 Å². The Morgan fingerprint density at radius 2 is 0.911 bits per heavy atom. The zero-order valence-electron chi connectivity index (χ0n) is 26.4. The number of aliphatic carboxylic acids is 1. The Balaban J connectivity index is 1.38. The van der Waals surface area contributed by atoms with Crippen LogP contribution in [0.2, 0.25) is 0 Å². The molecular weight excluding hydrogens is 556 g/mol. The lowest BCUT2D eigenvalue weighted by atomic mass is 9.93. The Bertz CT molecular complexity index is 1610.